The SMILES string of the molecule is CC(C)CC(NCc1ccc2ccccc2c1)C(=O)O. The average Bonchev–Trinajstić information content (AvgIpc) is 2.42. The Balaban J connectivity index is 2.05. The van der Waals surface area contributed by atoms with Gasteiger partial charge in [-0.05, 0) is 34.7 Å². The zero-order chi connectivity index (χ0) is 14.5. The summed E-state index contributed by atoms with van der Waals surface area (Å²) in [5, 5.41) is 14.7. The summed E-state index contributed by atoms with van der Waals surface area (Å²) in [6.07, 6.45) is 0.642. The van der Waals surface area contributed by atoms with E-state index in [4.69, 9.17) is 0 Å². The number of hydrogen-bond acceptors (Lipinski definition) is 2. The predicted octanol–water partition coefficient (Wildman–Crippen LogP) is 3.43. The van der Waals surface area contributed by atoms with Crippen molar-refractivity contribution in [3.63, 3.8) is 0 Å². The lowest BCUT2D eigenvalue weighted by atomic mass is 10.0. The molecule has 106 valence electrons. The number of carbonyl (C=O) groups is 1. The minimum atomic E-state index is -0.778. The van der Waals surface area contributed by atoms with Crippen molar-refractivity contribution >= 4 is 16.7 Å². The second-order valence-electron chi connectivity index (χ2n) is 5.58. The summed E-state index contributed by atoms with van der Waals surface area (Å²) in [5.41, 5.74) is 1.11. The molecule has 0 spiro atoms. The topological polar surface area (TPSA) is 49.3 Å². The van der Waals surface area contributed by atoms with Crippen molar-refractivity contribution in [2.75, 3.05) is 0 Å². The molecule has 0 aromatic heterocycles. The van der Waals surface area contributed by atoms with Gasteiger partial charge < -0.3 is 10.4 Å². The number of fused-ring (bicyclic) bond motifs is 1. The molecule has 2 N–H and O–H groups in total. The second-order valence-corrected chi connectivity index (χ2v) is 5.58. The van der Waals surface area contributed by atoms with E-state index in [1.165, 1.54) is 10.8 Å². The van der Waals surface area contributed by atoms with Crippen LogP contribution in [0.25, 0.3) is 10.8 Å². The number of hydrogen-bond donors (Lipinski definition) is 2. The van der Waals surface area contributed by atoms with Gasteiger partial charge in [0.25, 0.3) is 0 Å². The van der Waals surface area contributed by atoms with Crippen molar-refractivity contribution in [3.05, 3.63) is 48.0 Å². The lowest BCUT2D eigenvalue weighted by molar-refractivity contribution is -0.140. The maximum atomic E-state index is 11.2. The predicted molar refractivity (Wildman–Crippen MR) is 81.7 cm³/mol. The van der Waals surface area contributed by atoms with Crippen molar-refractivity contribution in [1.29, 1.82) is 0 Å². The Labute approximate surface area is 119 Å². The molecule has 0 radical (unpaired) electrons. The molecule has 0 aliphatic carbocycles. The average molecular weight is 271 g/mol. The Morgan fingerprint density at radius 3 is 2.50 bits per heavy atom. The summed E-state index contributed by atoms with van der Waals surface area (Å²) < 4.78 is 0. The van der Waals surface area contributed by atoms with E-state index < -0.39 is 12.0 Å². The molecule has 1 unspecified atom stereocenters. The van der Waals surface area contributed by atoms with Gasteiger partial charge in [0.2, 0.25) is 0 Å². The smallest absolute Gasteiger partial charge is 0.320 e. The van der Waals surface area contributed by atoms with Gasteiger partial charge in [0, 0.05) is 6.54 Å². The molecule has 0 fully saturated rings. The van der Waals surface area contributed by atoms with Crippen molar-refractivity contribution in [2.24, 2.45) is 5.92 Å². The van der Waals surface area contributed by atoms with Crippen LogP contribution in [0.1, 0.15) is 25.8 Å². The summed E-state index contributed by atoms with van der Waals surface area (Å²) in [6.45, 7) is 4.65. The largest absolute Gasteiger partial charge is 0.480 e. The van der Waals surface area contributed by atoms with Gasteiger partial charge >= 0.3 is 5.97 Å². The number of aliphatic carboxylic acids is 1. The first-order valence-electron chi connectivity index (χ1n) is 7.00. The van der Waals surface area contributed by atoms with Gasteiger partial charge in [0.1, 0.15) is 6.04 Å². The molecular formula is C17H21NO2. The van der Waals surface area contributed by atoms with Crippen LogP contribution in [0.3, 0.4) is 0 Å². The molecule has 20 heavy (non-hydrogen) atoms. The van der Waals surface area contributed by atoms with Gasteiger partial charge in [-0.25, -0.2) is 0 Å². The zero-order valence-electron chi connectivity index (χ0n) is 12.0. The summed E-state index contributed by atoms with van der Waals surface area (Å²) in [4.78, 5) is 11.2. The minimum Gasteiger partial charge on any atom is -0.480 e. The molecule has 3 nitrogen and oxygen atoms in total. The Bertz CT molecular complexity index is 592. The van der Waals surface area contributed by atoms with Gasteiger partial charge in [-0.15, -0.1) is 0 Å². The molecule has 2 aromatic rings. The third kappa shape index (κ3) is 3.81. The van der Waals surface area contributed by atoms with E-state index in [-0.39, 0.29) is 0 Å². The van der Waals surface area contributed by atoms with Gasteiger partial charge in [-0.2, -0.15) is 0 Å². The fraction of sp³-hybridized carbons (Fsp3) is 0.353. The van der Waals surface area contributed by atoms with Crippen LogP contribution in [0.2, 0.25) is 0 Å². The molecule has 0 aliphatic heterocycles. The molecule has 0 amide bonds. The molecule has 2 aromatic carbocycles. The summed E-state index contributed by atoms with van der Waals surface area (Å²) >= 11 is 0. The fourth-order valence-corrected chi connectivity index (χ4v) is 2.33. The Morgan fingerprint density at radius 1 is 1.15 bits per heavy atom. The number of nitrogens with one attached hydrogen (secondary N) is 1. The van der Waals surface area contributed by atoms with Crippen LogP contribution in [-0.4, -0.2) is 17.1 Å². The van der Waals surface area contributed by atoms with Crippen LogP contribution < -0.4 is 5.32 Å². The number of benzene rings is 2. The van der Waals surface area contributed by atoms with Gasteiger partial charge in [-0.1, -0.05) is 50.2 Å². The molecule has 0 saturated carbocycles. The van der Waals surface area contributed by atoms with Crippen LogP contribution in [0.5, 0.6) is 0 Å². The van der Waals surface area contributed by atoms with Gasteiger partial charge in [-0.3, -0.25) is 4.79 Å². The van der Waals surface area contributed by atoms with Crippen molar-refractivity contribution in [3.8, 4) is 0 Å². The number of rotatable bonds is 6. The molecule has 3 heteroatoms. The molecule has 1 atom stereocenters. The number of carboxylic acid groups (broad SMARTS) is 1. The van der Waals surface area contributed by atoms with Gasteiger partial charge in [0.15, 0.2) is 0 Å². The van der Waals surface area contributed by atoms with Crippen LogP contribution in [0, 0.1) is 5.92 Å². The quantitative estimate of drug-likeness (QED) is 0.846. The highest BCUT2D eigenvalue weighted by atomic mass is 16.4. The number of carboxylic acids is 1. The highest BCUT2D eigenvalue weighted by molar-refractivity contribution is 5.83. The van der Waals surface area contributed by atoms with Crippen LogP contribution in [0.4, 0.5) is 0 Å². The van der Waals surface area contributed by atoms with E-state index in [0.29, 0.717) is 18.9 Å². The minimum absolute atomic E-state index is 0.361. The zero-order valence-corrected chi connectivity index (χ0v) is 12.0. The lowest BCUT2D eigenvalue weighted by Crippen LogP contribution is -2.37. The highest BCUT2D eigenvalue weighted by Crippen LogP contribution is 2.16. The Morgan fingerprint density at radius 2 is 1.85 bits per heavy atom. The molecule has 0 bridgehead atoms. The summed E-state index contributed by atoms with van der Waals surface area (Å²) in [5.74, 6) is -0.417. The normalized spacial score (nSPS) is 12.8. The Kier molecular flexibility index (Phi) is 4.74. The van der Waals surface area contributed by atoms with E-state index >= 15 is 0 Å². The van der Waals surface area contributed by atoms with Crippen molar-refractivity contribution < 1.29 is 9.90 Å². The highest BCUT2D eigenvalue weighted by Gasteiger charge is 2.17. The lowest BCUT2D eigenvalue weighted by Gasteiger charge is -2.16. The van der Waals surface area contributed by atoms with Crippen LogP contribution in [0.15, 0.2) is 42.5 Å². The molecule has 0 heterocycles. The summed E-state index contributed by atoms with van der Waals surface area (Å²) in [6, 6.07) is 13.9. The monoisotopic (exact) mass is 271 g/mol. The van der Waals surface area contributed by atoms with E-state index in [1.807, 2.05) is 32.0 Å². The van der Waals surface area contributed by atoms with E-state index in [1.54, 1.807) is 0 Å². The molecule has 2 rings (SSSR count). The van der Waals surface area contributed by atoms with Crippen LogP contribution in [-0.2, 0) is 11.3 Å². The first-order valence-corrected chi connectivity index (χ1v) is 7.00. The maximum absolute atomic E-state index is 11.2. The Hall–Kier alpha value is -1.87. The van der Waals surface area contributed by atoms with E-state index in [2.05, 4.69) is 29.6 Å². The first kappa shape index (κ1) is 14.5. The van der Waals surface area contributed by atoms with Crippen molar-refractivity contribution in [1.82, 2.24) is 5.32 Å². The molecular weight excluding hydrogens is 250 g/mol. The molecule has 0 saturated heterocycles. The first-order chi connectivity index (χ1) is 9.56. The second kappa shape index (κ2) is 6.53. The third-order valence-electron chi connectivity index (χ3n) is 3.37. The van der Waals surface area contributed by atoms with Crippen molar-refractivity contribution in [2.45, 2.75) is 32.9 Å². The summed E-state index contributed by atoms with van der Waals surface area (Å²) in [7, 11) is 0. The fourth-order valence-electron chi connectivity index (χ4n) is 2.33. The van der Waals surface area contributed by atoms with E-state index in [0.717, 1.165) is 5.56 Å². The third-order valence-corrected chi connectivity index (χ3v) is 3.37. The van der Waals surface area contributed by atoms with Crippen LogP contribution >= 0.6 is 0 Å². The van der Waals surface area contributed by atoms with Gasteiger partial charge in [0.05, 0.1) is 0 Å². The standard InChI is InChI=1S/C17H21NO2/c1-12(2)9-16(17(19)20)18-11-13-7-8-14-5-3-4-6-15(14)10-13/h3-8,10,12,16,18H,9,11H2,1-2H3,(H,19,20). The maximum Gasteiger partial charge on any atom is 0.320 e. The van der Waals surface area contributed by atoms with E-state index in [9.17, 15) is 9.90 Å². The molecule has 0 aliphatic rings.